The lowest BCUT2D eigenvalue weighted by atomic mass is 10.1. The van der Waals surface area contributed by atoms with Gasteiger partial charge in [0.2, 0.25) is 0 Å². The molecule has 0 spiro atoms. The average Bonchev–Trinajstić information content (AvgIpc) is 3.14. The number of rotatable bonds is 7. The zero-order valence-corrected chi connectivity index (χ0v) is 13.8. The molecule has 2 rings (SSSR count). The molecule has 1 N–H and O–H groups in total. The third-order valence-corrected chi connectivity index (χ3v) is 4.16. The van der Waals surface area contributed by atoms with Gasteiger partial charge in [0.1, 0.15) is 5.75 Å². The summed E-state index contributed by atoms with van der Waals surface area (Å²) in [6.07, 6.45) is 0.0552. The van der Waals surface area contributed by atoms with Crippen LogP contribution in [0.3, 0.4) is 0 Å². The fourth-order valence-corrected chi connectivity index (χ4v) is 2.75. The van der Waals surface area contributed by atoms with Gasteiger partial charge in [-0.2, -0.15) is 5.26 Å². The summed E-state index contributed by atoms with van der Waals surface area (Å²) in [6.45, 7) is -0.186. The first-order valence-electron chi connectivity index (χ1n) is 7.15. The second kappa shape index (κ2) is 8.70. The number of ether oxygens (including phenoxy) is 2. The van der Waals surface area contributed by atoms with Crippen LogP contribution in [-0.4, -0.2) is 25.6 Å². The van der Waals surface area contributed by atoms with Crippen LogP contribution >= 0.6 is 11.3 Å². The lowest BCUT2D eigenvalue weighted by molar-refractivity contribution is -0.141. The number of nitrogens with zero attached hydrogens (tertiary/aromatic N) is 1. The number of benzene rings is 1. The van der Waals surface area contributed by atoms with E-state index in [1.807, 2.05) is 23.6 Å². The van der Waals surface area contributed by atoms with Crippen molar-refractivity contribution in [3.63, 3.8) is 0 Å². The first-order valence-corrected chi connectivity index (χ1v) is 8.03. The van der Waals surface area contributed by atoms with Gasteiger partial charge < -0.3 is 14.8 Å². The van der Waals surface area contributed by atoms with E-state index in [9.17, 15) is 9.59 Å². The molecule has 24 heavy (non-hydrogen) atoms. The topological polar surface area (TPSA) is 88.4 Å². The van der Waals surface area contributed by atoms with Gasteiger partial charge in [0, 0.05) is 4.88 Å². The van der Waals surface area contributed by atoms with Crippen LogP contribution in [0.4, 0.5) is 0 Å². The predicted molar refractivity (Wildman–Crippen MR) is 88.5 cm³/mol. The Bertz CT molecular complexity index is 720. The van der Waals surface area contributed by atoms with Crippen LogP contribution < -0.4 is 10.1 Å². The van der Waals surface area contributed by atoms with Gasteiger partial charge in [0.25, 0.3) is 5.91 Å². The van der Waals surface area contributed by atoms with E-state index in [4.69, 9.17) is 10.00 Å². The Labute approximate surface area is 143 Å². The van der Waals surface area contributed by atoms with Crippen molar-refractivity contribution in [3.05, 3.63) is 52.2 Å². The number of amides is 1. The molecule has 0 fully saturated rings. The first-order chi connectivity index (χ1) is 11.6. The molecule has 0 saturated carbocycles. The van der Waals surface area contributed by atoms with Gasteiger partial charge in [0.15, 0.2) is 6.61 Å². The van der Waals surface area contributed by atoms with E-state index < -0.39 is 12.0 Å². The minimum Gasteiger partial charge on any atom is -0.484 e. The fourth-order valence-electron chi connectivity index (χ4n) is 1.97. The van der Waals surface area contributed by atoms with Crippen molar-refractivity contribution < 1.29 is 19.1 Å². The van der Waals surface area contributed by atoms with Crippen LogP contribution in [0.1, 0.15) is 22.9 Å². The van der Waals surface area contributed by atoms with Crippen LogP contribution in [0.15, 0.2) is 41.8 Å². The molecule has 1 unspecified atom stereocenters. The van der Waals surface area contributed by atoms with Crippen molar-refractivity contribution in [3.8, 4) is 11.8 Å². The van der Waals surface area contributed by atoms with Crippen LogP contribution in [0.5, 0.6) is 5.75 Å². The maximum absolute atomic E-state index is 12.1. The van der Waals surface area contributed by atoms with Crippen LogP contribution in [0, 0.1) is 11.3 Å². The number of methoxy groups -OCH3 is 1. The summed E-state index contributed by atoms with van der Waals surface area (Å²) < 4.78 is 10.1. The minimum atomic E-state index is -0.450. The van der Waals surface area contributed by atoms with Gasteiger partial charge in [-0.3, -0.25) is 9.59 Å². The van der Waals surface area contributed by atoms with Crippen molar-refractivity contribution in [2.24, 2.45) is 0 Å². The Morgan fingerprint density at radius 2 is 2.04 bits per heavy atom. The van der Waals surface area contributed by atoms with Gasteiger partial charge in [-0.1, -0.05) is 6.07 Å². The molecule has 1 heterocycles. The van der Waals surface area contributed by atoms with Crippen LogP contribution in [0.2, 0.25) is 0 Å². The Kier molecular flexibility index (Phi) is 6.34. The third-order valence-electron chi connectivity index (χ3n) is 3.17. The second-order valence-electron chi connectivity index (χ2n) is 4.84. The summed E-state index contributed by atoms with van der Waals surface area (Å²) in [4.78, 5) is 24.5. The predicted octanol–water partition coefficient (Wildman–Crippen LogP) is 2.42. The highest BCUT2D eigenvalue weighted by Crippen LogP contribution is 2.22. The molecule has 1 aromatic heterocycles. The van der Waals surface area contributed by atoms with E-state index in [0.717, 1.165) is 4.88 Å². The van der Waals surface area contributed by atoms with Gasteiger partial charge >= 0.3 is 5.97 Å². The lowest BCUT2D eigenvalue weighted by Gasteiger charge is -2.16. The molecular weight excluding hydrogens is 328 g/mol. The van der Waals surface area contributed by atoms with Crippen LogP contribution in [-0.2, 0) is 14.3 Å². The molecule has 0 radical (unpaired) electrons. The van der Waals surface area contributed by atoms with E-state index in [0.29, 0.717) is 11.3 Å². The Morgan fingerprint density at radius 1 is 1.29 bits per heavy atom. The van der Waals surface area contributed by atoms with Gasteiger partial charge in [0.05, 0.1) is 31.2 Å². The molecule has 0 aliphatic heterocycles. The molecular formula is C17H16N2O4S. The largest absolute Gasteiger partial charge is 0.484 e. The highest BCUT2D eigenvalue weighted by atomic mass is 32.1. The number of carbonyl (C=O) groups is 2. The number of carbonyl (C=O) groups excluding carboxylic acids is 2. The molecule has 7 heteroatoms. The monoisotopic (exact) mass is 344 g/mol. The molecule has 1 aromatic carbocycles. The van der Waals surface area contributed by atoms with Gasteiger partial charge in [-0.15, -0.1) is 11.3 Å². The fraction of sp³-hybridized carbons (Fsp3) is 0.235. The van der Waals surface area contributed by atoms with Crippen LogP contribution in [0.25, 0.3) is 0 Å². The average molecular weight is 344 g/mol. The summed E-state index contributed by atoms with van der Waals surface area (Å²) in [5, 5.41) is 13.4. The van der Waals surface area contributed by atoms with E-state index in [-0.39, 0.29) is 18.9 Å². The zero-order valence-electron chi connectivity index (χ0n) is 13.0. The van der Waals surface area contributed by atoms with Crippen molar-refractivity contribution in [2.45, 2.75) is 12.5 Å². The second-order valence-corrected chi connectivity index (χ2v) is 5.82. The molecule has 0 bridgehead atoms. The lowest BCUT2D eigenvalue weighted by Crippen LogP contribution is -2.33. The third kappa shape index (κ3) is 5.11. The smallest absolute Gasteiger partial charge is 0.307 e. The quantitative estimate of drug-likeness (QED) is 0.779. The number of nitriles is 1. The highest BCUT2D eigenvalue weighted by molar-refractivity contribution is 7.10. The molecule has 0 aliphatic rings. The standard InChI is InChI=1S/C17H16N2O4S/c1-22-17(21)9-14(15-3-2-8-24-15)19-16(20)11-23-13-6-4-12(10-18)5-7-13/h2-8,14H,9,11H2,1H3,(H,19,20). The van der Waals surface area contributed by atoms with Gasteiger partial charge in [-0.25, -0.2) is 0 Å². The molecule has 0 aliphatic carbocycles. The molecule has 1 atom stereocenters. The number of nitrogens with one attached hydrogen (secondary N) is 1. The Balaban J connectivity index is 1.92. The summed E-state index contributed by atoms with van der Waals surface area (Å²) in [5.74, 6) is -0.256. The van der Waals surface area contributed by atoms with Crippen molar-refractivity contribution in [1.82, 2.24) is 5.32 Å². The van der Waals surface area contributed by atoms with Gasteiger partial charge in [-0.05, 0) is 35.7 Å². The molecule has 1 amide bonds. The first kappa shape index (κ1) is 17.5. The van der Waals surface area contributed by atoms with E-state index in [1.54, 1.807) is 24.3 Å². The minimum absolute atomic E-state index is 0.0552. The number of hydrogen-bond acceptors (Lipinski definition) is 6. The summed E-state index contributed by atoms with van der Waals surface area (Å²) in [7, 11) is 1.31. The number of hydrogen-bond donors (Lipinski definition) is 1. The highest BCUT2D eigenvalue weighted by Gasteiger charge is 2.20. The number of esters is 1. The molecule has 2 aromatic rings. The maximum atomic E-state index is 12.1. The summed E-state index contributed by atoms with van der Waals surface area (Å²) in [5.41, 5.74) is 0.516. The molecule has 0 saturated heterocycles. The van der Waals surface area contributed by atoms with Crippen molar-refractivity contribution in [1.29, 1.82) is 5.26 Å². The van der Waals surface area contributed by atoms with Crippen molar-refractivity contribution >= 4 is 23.2 Å². The van der Waals surface area contributed by atoms with Crippen molar-refractivity contribution in [2.75, 3.05) is 13.7 Å². The van der Waals surface area contributed by atoms with E-state index in [2.05, 4.69) is 10.1 Å². The normalized spacial score (nSPS) is 11.2. The van der Waals surface area contributed by atoms with E-state index >= 15 is 0 Å². The zero-order chi connectivity index (χ0) is 17.4. The summed E-state index contributed by atoms with van der Waals surface area (Å²) >= 11 is 1.45. The van der Waals surface area contributed by atoms with E-state index in [1.165, 1.54) is 18.4 Å². The maximum Gasteiger partial charge on any atom is 0.307 e. The Hall–Kier alpha value is -2.85. The number of thiophene rings is 1. The molecule has 6 nitrogen and oxygen atoms in total. The SMILES string of the molecule is COC(=O)CC(NC(=O)COc1ccc(C#N)cc1)c1cccs1. The summed E-state index contributed by atoms with van der Waals surface area (Å²) in [6, 6.07) is 11.7. The Morgan fingerprint density at radius 3 is 2.62 bits per heavy atom. The molecule has 124 valence electrons.